The van der Waals surface area contributed by atoms with Gasteiger partial charge in [-0.05, 0) is 62.3 Å². The summed E-state index contributed by atoms with van der Waals surface area (Å²) >= 11 is 3.49. The van der Waals surface area contributed by atoms with Crippen LogP contribution in [0.1, 0.15) is 30.9 Å². The predicted octanol–water partition coefficient (Wildman–Crippen LogP) is 6.86. The molecule has 0 aliphatic carbocycles. The Bertz CT molecular complexity index is 942. The second-order valence-electron chi connectivity index (χ2n) is 6.59. The Labute approximate surface area is 168 Å². The van der Waals surface area contributed by atoms with E-state index in [1.807, 2.05) is 54.6 Å². The van der Waals surface area contributed by atoms with Crippen molar-refractivity contribution in [2.24, 2.45) is 0 Å². The Balaban J connectivity index is 1.67. The number of halogens is 1. The van der Waals surface area contributed by atoms with Gasteiger partial charge in [-0.25, -0.2) is 4.79 Å². The van der Waals surface area contributed by atoms with Crippen LogP contribution in [0.5, 0.6) is 5.75 Å². The van der Waals surface area contributed by atoms with E-state index < -0.39 is 5.97 Å². The molecule has 0 heterocycles. The van der Waals surface area contributed by atoms with E-state index in [-0.39, 0.29) is 0 Å². The zero-order chi connectivity index (χ0) is 19.2. The molecule has 0 unspecified atom stereocenters. The van der Waals surface area contributed by atoms with E-state index >= 15 is 0 Å². The molecule has 0 N–H and O–H groups in total. The Morgan fingerprint density at radius 2 is 1.63 bits per heavy atom. The molecule has 2 nitrogen and oxygen atoms in total. The molecule has 3 heteroatoms. The maximum atomic E-state index is 12.1. The van der Waals surface area contributed by atoms with E-state index in [0.29, 0.717) is 11.7 Å². The first kappa shape index (κ1) is 19.1. The number of ether oxygens (including phenoxy) is 1. The minimum Gasteiger partial charge on any atom is -0.422 e. The highest BCUT2D eigenvalue weighted by molar-refractivity contribution is 9.10. The van der Waals surface area contributed by atoms with E-state index in [2.05, 4.69) is 41.9 Å². The monoisotopic (exact) mass is 420 g/mol. The van der Waals surface area contributed by atoms with Gasteiger partial charge in [-0.3, -0.25) is 0 Å². The van der Waals surface area contributed by atoms with Gasteiger partial charge in [0, 0.05) is 6.08 Å². The zero-order valence-corrected chi connectivity index (χ0v) is 16.9. The lowest BCUT2D eigenvalue weighted by molar-refractivity contribution is -0.128. The van der Waals surface area contributed by atoms with E-state index in [9.17, 15) is 4.79 Å². The van der Waals surface area contributed by atoms with E-state index in [1.54, 1.807) is 12.1 Å². The third-order valence-corrected chi connectivity index (χ3v) is 4.88. The van der Waals surface area contributed by atoms with Crippen molar-refractivity contribution in [3.05, 3.63) is 94.5 Å². The summed E-state index contributed by atoms with van der Waals surface area (Å²) in [6, 6.07) is 23.9. The standard InChI is InChI=1S/C24H21BrO2/c1-17(2)19-11-8-18(9-12-19)10-15-24(26)27-23-14-13-21(16-22(23)25)20-6-4-3-5-7-20/h3-17H,1-2H3/b15-10+. The first-order chi connectivity index (χ1) is 13.0. The fourth-order valence-electron chi connectivity index (χ4n) is 2.69. The highest BCUT2D eigenvalue weighted by Gasteiger charge is 2.07. The van der Waals surface area contributed by atoms with Crippen molar-refractivity contribution in [2.45, 2.75) is 19.8 Å². The second-order valence-corrected chi connectivity index (χ2v) is 7.44. The van der Waals surface area contributed by atoms with Crippen molar-refractivity contribution < 1.29 is 9.53 Å². The molecule has 0 spiro atoms. The summed E-state index contributed by atoms with van der Waals surface area (Å²) in [6.45, 7) is 4.31. The molecule has 136 valence electrons. The summed E-state index contributed by atoms with van der Waals surface area (Å²) in [5.74, 6) is 0.583. The third-order valence-electron chi connectivity index (χ3n) is 4.26. The van der Waals surface area contributed by atoms with Crippen LogP contribution in [0.25, 0.3) is 17.2 Å². The molecule has 0 atom stereocenters. The van der Waals surface area contributed by atoms with Crippen LogP contribution in [0.3, 0.4) is 0 Å². The number of esters is 1. The lowest BCUT2D eigenvalue weighted by Gasteiger charge is -2.07. The minimum absolute atomic E-state index is 0.406. The Kier molecular flexibility index (Phi) is 6.25. The van der Waals surface area contributed by atoms with Gasteiger partial charge in [0.05, 0.1) is 4.47 Å². The zero-order valence-electron chi connectivity index (χ0n) is 15.4. The van der Waals surface area contributed by atoms with Crippen molar-refractivity contribution in [3.63, 3.8) is 0 Å². The van der Waals surface area contributed by atoms with Gasteiger partial charge in [0.25, 0.3) is 0 Å². The molecule has 0 aliphatic rings. The molecule has 0 saturated heterocycles. The molecule has 0 saturated carbocycles. The largest absolute Gasteiger partial charge is 0.422 e. The maximum absolute atomic E-state index is 12.1. The van der Waals surface area contributed by atoms with Crippen molar-refractivity contribution in [3.8, 4) is 16.9 Å². The fourth-order valence-corrected chi connectivity index (χ4v) is 3.15. The molecule has 0 aromatic heterocycles. The van der Waals surface area contributed by atoms with Gasteiger partial charge < -0.3 is 4.74 Å². The van der Waals surface area contributed by atoms with Gasteiger partial charge in [0.15, 0.2) is 0 Å². The van der Waals surface area contributed by atoms with Gasteiger partial charge in [0.1, 0.15) is 5.75 Å². The van der Waals surface area contributed by atoms with Crippen LogP contribution in [-0.2, 0) is 4.79 Å². The Morgan fingerprint density at radius 1 is 0.926 bits per heavy atom. The number of hydrogen-bond acceptors (Lipinski definition) is 2. The lowest BCUT2D eigenvalue weighted by atomic mass is 10.0. The number of hydrogen-bond donors (Lipinski definition) is 0. The number of rotatable bonds is 5. The molecule has 3 rings (SSSR count). The van der Waals surface area contributed by atoms with E-state index in [0.717, 1.165) is 21.2 Å². The highest BCUT2D eigenvalue weighted by Crippen LogP contribution is 2.30. The SMILES string of the molecule is CC(C)c1ccc(/C=C/C(=O)Oc2ccc(-c3ccccc3)cc2Br)cc1. The van der Waals surface area contributed by atoms with Crippen molar-refractivity contribution in [1.29, 1.82) is 0 Å². The van der Waals surface area contributed by atoms with Gasteiger partial charge in [-0.15, -0.1) is 0 Å². The van der Waals surface area contributed by atoms with Crippen LogP contribution >= 0.6 is 15.9 Å². The van der Waals surface area contributed by atoms with Crippen molar-refractivity contribution in [2.75, 3.05) is 0 Å². The molecule has 3 aromatic rings. The number of carbonyl (C=O) groups is 1. The van der Waals surface area contributed by atoms with Gasteiger partial charge >= 0.3 is 5.97 Å². The van der Waals surface area contributed by atoms with E-state index in [1.165, 1.54) is 11.6 Å². The molecule has 3 aromatic carbocycles. The quantitative estimate of drug-likeness (QED) is 0.256. The smallest absolute Gasteiger partial charge is 0.336 e. The average molecular weight is 421 g/mol. The maximum Gasteiger partial charge on any atom is 0.336 e. The van der Waals surface area contributed by atoms with E-state index in [4.69, 9.17) is 4.74 Å². The molecule has 0 aliphatic heterocycles. The molecule has 0 fully saturated rings. The summed E-state index contributed by atoms with van der Waals surface area (Å²) in [7, 11) is 0. The number of benzene rings is 3. The van der Waals surface area contributed by atoms with Crippen LogP contribution in [-0.4, -0.2) is 5.97 Å². The fraction of sp³-hybridized carbons (Fsp3) is 0.125. The van der Waals surface area contributed by atoms with Crippen molar-refractivity contribution >= 4 is 28.0 Å². The normalized spacial score (nSPS) is 11.1. The topological polar surface area (TPSA) is 26.3 Å². The third kappa shape index (κ3) is 5.18. The van der Waals surface area contributed by atoms with Crippen LogP contribution in [0.15, 0.2) is 83.3 Å². The van der Waals surface area contributed by atoms with Crippen LogP contribution in [0.2, 0.25) is 0 Å². The molecule has 0 amide bonds. The summed E-state index contributed by atoms with van der Waals surface area (Å²) in [4.78, 5) is 12.1. The first-order valence-electron chi connectivity index (χ1n) is 8.88. The summed E-state index contributed by atoms with van der Waals surface area (Å²) in [5.41, 5.74) is 4.41. The summed E-state index contributed by atoms with van der Waals surface area (Å²) in [6.07, 6.45) is 3.21. The molecule has 27 heavy (non-hydrogen) atoms. The summed E-state index contributed by atoms with van der Waals surface area (Å²) < 4.78 is 6.19. The molecular weight excluding hydrogens is 400 g/mol. The summed E-state index contributed by atoms with van der Waals surface area (Å²) in [5, 5.41) is 0. The average Bonchev–Trinajstić information content (AvgIpc) is 2.69. The Hall–Kier alpha value is -2.65. The highest BCUT2D eigenvalue weighted by atomic mass is 79.9. The molecular formula is C24H21BrO2. The lowest BCUT2D eigenvalue weighted by Crippen LogP contribution is -2.04. The molecule has 0 radical (unpaired) electrons. The van der Waals surface area contributed by atoms with Crippen LogP contribution in [0, 0.1) is 0 Å². The van der Waals surface area contributed by atoms with Crippen LogP contribution < -0.4 is 4.74 Å². The second kappa shape index (κ2) is 8.83. The van der Waals surface area contributed by atoms with Gasteiger partial charge in [-0.1, -0.05) is 74.5 Å². The molecule has 0 bridgehead atoms. The minimum atomic E-state index is -0.406. The van der Waals surface area contributed by atoms with Crippen molar-refractivity contribution in [1.82, 2.24) is 0 Å². The first-order valence-corrected chi connectivity index (χ1v) is 9.67. The van der Waals surface area contributed by atoms with Crippen LogP contribution in [0.4, 0.5) is 0 Å². The number of carbonyl (C=O) groups excluding carboxylic acids is 1. The van der Waals surface area contributed by atoms with Gasteiger partial charge in [0.2, 0.25) is 0 Å². The Morgan fingerprint density at radius 3 is 2.26 bits per heavy atom. The predicted molar refractivity (Wildman–Crippen MR) is 115 cm³/mol. The van der Waals surface area contributed by atoms with Gasteiger partial charge in [-0.2, -0.15) is 0 Å².